The number of rotatable bonds is 4. The largest absolute Gasteiger partial charge is 0.330 e. The minimum Gasteiger partial charge on any atom is -0.277 e. The molecule has 0 bridgehead atoms. The molecule has 0 aromatic carbocycles. The molecule has 1 aliphatic heterocycles. The number of barbiturate groups is 1. The van der Waals surface area contributed by atoms with Crippen molar-refractivity contribution in [1.29, 1.82) is 0 Å². The van der Waals surface area contributed by atoms with Crippen LogP contribution >= 0.6 is 0 Å². The fourth-order valence-electron chi connectivity index (χ4n) is 2.91. The van der Waals surface area contributed by atoms with Crippen molar-refractivity contribution in [2.24, 2.45) is 5.41 Å². The third kappa shape index (κ3) is 2.95. The maximum Gasteiger partial charge on any atom is 0.330 e. The second-order valence-corrected chi connectivity index (χ2v) is 8.07. The van der Waals surface area contributed by atoms with Crippen molar-refractivity contribution in [2.45, 2.75) is 39.0 Å². The molecule has 1 aliphatic carbocycles. The molecule has 2 aliphatic rings. The number of carbonyl (C=O) groups is 3. The topological polar surface area (TPSA) is 101 Å². The second kappa shape index (κ2) is 5.75. The average molecular weight is 316 g/mol. The van der Waals surface area contributed by atoms with Gasteiger partial charge in [-0.05, 0) is 12.8 Å². The smallest absolute Gasteiger partial charge is 0.277 e. The van der Waals surface area contributed by atoms with Gasteiger partial charge in [-0.2, -0.15) is 0 Å². The highest BCUT2D eigenvalue weighted by molar-refractivity contribution is 7.91. The molecule has 2 fully saturated rings. The highest BCUT2D eigenvalue weighted by Crippen LogP contribution is 2.40. The van der Waals surface area contributed by atoms with Gasteiger partial charge in [-0.3, -0.25) is 19.8 Å². The first kappa shape index (κ1) is 15.9. The molecule has 7 nitrogen and oxygen atoms in total. The Bertz CT molecular complexity index is 563. The SMILES string of the molecule is CCS(=O)(=O)CCN1C(=O)NC(=O)C2(CCCCC2)C1=O. The first-order valence-electron chi connectivity index (χ1n) is 7.20. The van der Waals surface area contributed by atoms with E-state index in [0.717, 1.165) is 24.2 Å². The summed E-state index contributed by atoms with van der Waals surface area (Å²) in [7, 11) is -3.28. The molecule has 0 radical (unpaired) electrons. The molecule has 0 unspecified atom stereocenters. The number of hydrogen-bond acceptors (Lipinski definition) is 5. The molecule has 1 spiro atoms. The van der Waals surface area contributed by atoms with E-state index < -0.39 is 33.1 Å². The Labute approximate surface area is 124 Å². The number of nitrogens with zero attached hydrogens (tertiary/aromatic N) is 1. The van der Waals surface area contributed by atoms with Gasteiger partial charge in [-0.25, -0.2) is 13.2 Å². The molecule has 8 heteroatoms. The summed E-state index contributed by atoms with van der Waals surface area (Å²) >= 11 is 0. The average Bonchev–Trinajstić information content (AvgIpc) is 2.46. The number of imide groups is 2. The number of nitrogens with one attached hydrogen (secondary N) is 1. The van der Waals surface area contributed by atoms with E-state index >= 15 is 0 Å². The van der Waals surface area contributed by atoms with Crippen LogP contribution < -0.4 is 5.32 Å². The summed E-state index contributed by atoms with van der Waals surface area (Å²) in [6.45, 7) is 1.31. The molecule has 1 saturated heterocycles. The molecule has 0 aromatic rings. The van der Waals surface area contributed by atoms with Crippen molar-refractivity contribution in [2.75, 3.05) is 18.1 Å². The maximum absolute atomic E-state index is 12.6. The van der Waals surface area contributed by atoms with Gasteiger partial charge in [0.05, 0.1) is 5.75 Å². The summed E-state index contributed by atoms with van der Waals surface area (Å²) in [4.78, 5) is 37.4. The van der Waals surface area contributed by atoms with Crippen LogP contribution in [0.2, 0.25) is 0 Å². The van der Waals surface area contributed by atoms with E-state index in [9.17, 15) is 22.8 Å². The van der Waals surface area contributed by atoms with Crippen LogP contribution in [0.5, 0.6) is 0 Å². The normalized spacial score (nSPS) is 22.5. The van der Waals surface area contributed by atoms with Crippen LogP contribution in [-0.2, 0) is 19.4 Å². The van der Waals surface area contributed by atoms with Crippen LogP contribution in [-0.4, -0.2) is 49.2 Å². The lowest BCUT2D eigenvalue weighted by molar-refractivity contribution is -0.153. The van der Waals surface area contributed by atoms with E-state index in [0.29, 0.717) is 12.8 Å². The summed E-state index contributed by atoms with van der Waals surface area (Å²) in [5.41, 5.74) is -1.18. The first-order chi connectivity index (χ1) is 9.82. The molecule has 118 valence electrons. The summed E-state index contributed by atoms with van der Waals surface area (Å²) < 4.78 is 23.1. The van der Waals surface area contributed by atoms with Crippen LogP contribution in [0, 0.1) is 5.41 Å². The van der Waals surface area contributed by atoms with Crippen LogP contribution in [0.1, 0.15) is 39.0 Å². The number of hydrogen-bond donors (Lipinski definition) is 1. The van der Waals surface area contributed by atoms with Crippen molar-refractivity contribution in [3.8, 4) is 0 Å². The Kier molecular flexibility index (Phi) is 4.36. The highest BCUT2D eigenvalue weighted by atomic mass is 32.2. The van der Waals surface area contributed by atoms with Gasteiger partial charge in [0.1, 0.15) is 5.41 Å². The lowest BCUT2D eigenvalue weighted by atomic mass is 9.71. The number of carbonyl (C=O) groups excluding carboxylic acids is 3. The van der Waals surface area contributed by atoms with E-state index in [1.54, 1.807) is 0 Å². The lowest BCUT2D eigenvalue weighted by Gasteiger charge is -2.41. The van der Waals surface area contributed by atoms with E-state index in [1.807, 2.05) is 0 Å². The number of urea groups is 1. The van der Waals surface area contributed by atoms with Crippen LogP contribution in [0.3, 0.4) is 0 Å². The predicted octanol–water partition coefficient (Wildman–Crippen LogP) is 0.450. The van der Waals surface area contributed by atoms with Crippen LogP contribution in [0.15, 0.2) is 0 Å². The van der Waals surface area contributed by atoms with Crippen molar-refractivity contribution < 1.29 is 22.8 Å². The minimum absolute atomic E-state index is 0.0409. The maximum atomic E-state index is 12.6. The van der Waals surface area contributed by atoms with Gasteiger partial charge in [-0.15, -0.1) is 0 Å². The minimum atomic E-state index is -3.28. The Morgan fingerprint density at radius 2 is 1.76 bits per heavy atom. The molecule has 1 saturated carbocycles. The summed E-state index contributed by atoms with van der Waals surface area (Å²) in [5, 5.41) is 2.21. The van der Waals surface area contributed by atoms with Gasteiger partial charge >= 0.3 is 6.03 Å². The zero-order valence-electron chi connectivity index (χ0n) is 12.1. The zero-order valence-corrected chi connectivity index (χ0v) is 12.9. The van der Waals surface area contributed by atoms with Crippen molar-refractivity contribution in [3.63, 3.8) is 0 Å². The van der Waals surface area contributed by atoms with Gasteiger partial charge in [0, 0.05) is 12.3 Å². The molecule has 1 heterocycles. The summed E-state index contributed by atoms with van der Waals surface area (Å²) in [5.74, 6) is -1.39. The summed E-state index contributed by atoms with van der Waals surface area (Å²) in [6, 6.07) is -0.812. The van der Waals surface area contributed by atoms with Crippen LogP contribution in [0.4, 0.5) is 4.79 Å². The summed E-state index contributed by atoms with van der Waals surface area (Å²) in [6.07, 6.45) is 3.31. The Morgan fingerprint density at radius 1 is 1.14 bits per heavy atom. The molecule has 2 rings (SSSR count). The Hall–Kier alpha value is -1.44. The van der Waals surface area contributed by atoms with Gasteiger partial charge in [0.25, 0.3) is 0 Å². The van der Waals surface area contributed by atoms with Gasteiger partial charge in [0.15, 0.2) is 9.84 Å². The first-order valence-corrected chi connectivity index (χ1v) is 9.02. The Morgan fingerprint density at radius 3 is 2.33 bits per heavy atom. The van der Waals surface area contributed by atoms with E-state index in [1.165, 1.54) is 6.92 Å². The number of sulfone groups is 1. The fraction of sp³-hybridized carbons (Fsp3) is 0.769. The molecule has 21 heavy (non-hydrogen) atoms. The standard InChI is InChI=1S/C13H20N2O5S/c1-2-21(19,20)9-8-15-11(17)13(6-4-3-5-7-13)10(16)14-12(15)18/h2-9H2,1H3,(H,14,16,18). The van der Waals surface area contributed by atoms with E-state index in [-0.39, 0.29) is 18.1 Å². The van der Waals surface area contributed by atoms with Gasteiger partial charge in [0.2, 0.25) is 11.8 Å². The van der Waals surface area contributed by atoms with Gasteiger partial charge < -0.3 is 0 Å². The molecule has 0 atom stereocenters. The van der Waals surface area contributed by atoms with E-state index in [2.05, 4.69) is 5.32 Å². The second-order valence-electron chi connectivity index (χ2n) is 5.60. The van der Waals surface area contributed by atoms with Crippen molar-refractivity contribution >= 4 is 27.7 Å². The lowest BCUT2D eigenvalue weighted by Crippen LogP contribution is -2.64. The fourth-order valence-corrected chi connectivity index (χ4v) is 3.66. The van der Waals surface area contributed by atoms with Crippen molar-refractivity contribution in [3.05, 3.63) is 0 Å². The monoisotopic (exact) mass is 316 g/mol. The third-order valence-electron chi connectivity index (χ3n) is 4.33. The molecule has 1 N–H and O–H groups in total. The highest BCUT2D eigenvalue weighted by Gasteiger charge is 2.53. The zero-order chi connectivity index (χ0) is 15.7. The molecule has 4 amide bonds. The van der Waals surface area contributed by atoms with Crippen molar-refractivity contribution in [1.82, 2.24) is 10.2 Å². The quantitative estimate of drug-likeness (QED) is 0.759. The Balaban J connectivity index is 2.19. The number of amides is 4. The van der Waals surface area contributed by atoms with E-state index in [4.69, 9.17) is 0 Å². The third-order valence-corrected chi connectivity index (χ3v) is 6.01. The molecular weight excluding hydrogens is 296 g/mol. The molecule has 0 aromatic heterocycles. The van der Waals surface area contributed by atoms with Crippen LogP contribution in [0.25, 0.3) is 0 Å². The van der Waals surface area contributed by atoms with Gasteiger partial charge in [-0.1, -0.05) is 26.2 Å². The predicted molar refractivity (Wildman–Crippen MR) is 75.1 cm³/mol. The molecular formula is C13H20N2O5S.